The first-order valence-corrected chi connectivity index (χ1v) is 7.82. The molecule has 19 heavy (non-hydrogen) atoms. The summed E-state index contributed by atoms with van der Waals surface area (Å²) in [5, 5.41) is 13.0. The van der Waals surface area contributed by atoms with Gasteiger partial charge in [-0.25, -0.2) is 8.42 Å². The lowest BCUT2D eigenvalue weighted by Crippen LogP contribution is -2.44. The second-order valence-corrected chi connectivity index (χ2v) is 6.69. The summed E-state index contributed by atoms with van der Waals surface area (Å²) in [6, 6.07) is -0.150. The molecule has 1 unspecified atom stereocenters. The number of hydrogen-bond donors (Lipinski definition) is 2. The molecule has 0 aliphatic carbocycles. The molecule has 1 atom stereocenters. The highest BCUT2D eigenvalue weighted by Crippen LogP contribution is 2.28. The minimum Gasteiger partial charge on any atom is -0.396 e. The zero-order valence-corrected chi connectivity index (χ0v) is 11.8. The van der Waals surface area contributed by atoms with Gasteiger partial charge in [0.15, 0.2) is 5.82 Å². The summed E-state index contributed by atoms with van der Waals surface area (Å²) in [5.41, 5.74) is 5.67. The van der Waals surface area contributed by atoms with Crippen LogP contribution >= 0.6 is 0 Å². The largest absolute Gasteiger partial charge is 0.396 e. The Kier molecular flexibility index (Phi) is 4.12. The maximum atomic E-state index is 12.6. The van der Waals surface area contributed by atoms with Crippen molar-refractivity contribution in [1.82, 2.24) is 14.1 Å². The Balaban J connectivity index is 2.34. The molecule has 2 heterocycles. The zero-order chi connectivity index (χ0) is 14.0. The topological polar surface area (TPSA) is 101 Å². The number of nitrogens with two attached hydrogens (primary N) is 1. The number of aliphatic hydroxyl groups excluding tert-OH is 1. The van der Waals surface area contributed by atoms with E-state index in [9.17, 15) is 8.42 Å². The van der Waals surface area contributed by atoms with E-state index in [4.69, 9.17) is 10.8 Å². The zero-order valence-electron chi connectivity index (χ0n) is 11.0. The first kappa shape index (κ1) is 14.3. The number of nitrogen functional groups attached to an aromatic ring is 1. The van der Waals surface area contributed by atoms with Gasteiger partial charge in [0, 0.05) is 32.4 Å². The molecule has 1 aromatic heterocycles. The summed E-state index contributed by atoms with van der Waals surface area (Å²) in [7, 11) is -1.99. The smallest absolute Gasteiger partial charge is 0.248 e. The van der Waals surface area contributed by atoms with E-state index in [0.29, 0.717) is 13.0 Å². The number of piperidine rings is 1. The fraction of sp³-hybridized carbons (Fsp3) is 0.727. The quantitative estimate of drug-likeness (QED) is 0.807. The Labute approximate surface area is 113 Å². The summed E-state index contributed by atoms with van der Waals surface area (Å²) >= 11 is 0. The molecule has 0 bridgehead atoms. The van der Waals surface area contributed by atoms with E-state index in [1.807, 2.05) is 0 Å². The first-order valence-electron chi connectivity index (χ1n) is 6.38. The lowest BCUT2D eigenvalue weighted by molar-refractivity contribution is 0.192. The summed E-state index contributed by atoms with van der Waals surface area (Å²) in [4.78, 5) is 0.0554. The van der Waals surface area contributed by atoms with Crippen LogP contribution in [0.25, 0.3) is 0 Å². The van der Waals surface area contributed by atoms with E-state index < -0.39 is 10.0 Å². The van der Waals surface area contributed by atoms with Crippen molar-refractivity contribution in [2.75, 3.05) is 18.9 Å². The predicted octanol–water partition coefficient (Wildman–Crippen LogP) is -0.0721. The molecule has 0 amide bonds. The Morgan fingerprint density at radius 3 is 2.84 bits per heavy atom. The van der Waals surface area contributed by atoms with Crippen LogP contribution in [-0.4, -0.2) is 46.8 Å². The van der Waals surface area contributed by atoms with Crippen LogP contribution in [0.15, 0.2) is 11.1 Å². The average molecular weight is 288 g/mol. The molecule has 1 aliphatic heterocycles. The van der Waals surface area contributed by atoms with Gasteiger partial charge in [-0.3, -0.25) is 4.68 Å². The molecule has 1 saturated heterocycles. The van der Waals surface area contributed by atoms with E-state index >= 15 is 0 Å². The maximum absolute atomic E-state index is 12.6. The van der Waals surface area contributed by atoms with Crippen LogP contribution in [0, 0.1) is 0 Å². The third kappa shape index (κ3) is 2.75. The summed E-state index contributed by atoms with van der Waals surface area (Å²) in [6.45, 7) is 0.459. The molecule has 3 N–H and O–H groups in total. The van der Waals surface area contributed by atoms with Crippen LogP contribution in [0.3, 0.4) is 0 Å². The molecule has 1 fully saturated rings. The van der Waals surface area contributed by atoms with E-state index in [-0.39, 0.29) is 23.4 Å². The molecule has 2 rings (SSSR count). The van der Waals surface area contributed by atoms with Gasteiger partial charge in [-0.05, 0) is 19.3 Å². The Morgan fingerprint density at radius 2 is 2.26 bits per heavy atom. The standard InChI is InChI=1S/C11H20N4O3S/c1-14-8-10(11(12)13-14)19(17,18)15-6-3-2-4-9(15)5-7-16/h8-9,16H,2-7H2,1H3,(H2,12,13). The van der Waals surface area contributed by atoms with Crippen molar-refractivity contribution < 1.29 is 13.5 Å². The highest BCUT2D eigenvalue weighted by molar-refractivity contribution is 7.89. The molecular weight excluding hydrogens is 268 g/mol. The van der Waals surface area contributed by atoms with Crippen molar-refractivity contribution in [2.45, 2.75) is 36.6 Å². The van der Waals surface area contributed by atoms with Crippen LogP contribution in [-0.2, 0) is 17.1 Å². The van der Waals surface area contributed by atoms with Crippen molar-refractivity contribution >= 4 is 15.8 Å². The van der Waals surface area contributed by atoms with E-state index in [1.54, 1.807) is 7.05 Å². The second kappa shape index (κ2) is 5.48. The minimum atomic E-state index is -3.63. The molecule has 8 heteroatoms. The SMILES string of the molecule is Cn1cc(S(=O)(=O)N2CCCCC2CCO)c(N)n1. The number of aliphatic hydroxyl groups is 1. The van der Waals surface area contributed by atoms with Crippen LogP contribution in [0.4, 0.5) is 5.82 Å². The molecule has 108 valence electrons. The highest BCUT2D eigenvalue weighted by Gasteiger charge is 2.35. The fourth-order valence-corrected chi connectivity index (χ4v) is 4.35. The summed E-state index contributed by atoms with van der Waals surface area (Å²) < 4.78 is 28.1. The number of anilines is 1. The van der Waals surface area contributed by atoms with Crippen molar-refractivity contribution in [2.24, 2.45) is 7.05 Å². The number of sulfonamides is 1. The third-order valence-corrected chi connectivity index (χ3v) is 5.41. The number of aryl methyl sites for hydroxylation is 1. The first-order chi connectivity index (χ1) is 8.96. The van der Waals surface area contributed by atoms with Gasteiger partial charge in [0.1, 0.15) is 4.90 Å². The number of hydrogen-bond acceptors (Lipinski definition) is 5. The van der Waals surface area contributed by atoms with Crippen LogP contribution in [0.1, 0.15) is 25.7 Å². The molecular formula is C11H20N4O3S. The van der Waals surface area contributed by atoms with Gasteiger partial charge in [-0.15, -0.1) is 0 Å². The number of aromatic nitrogens is 2. The Hall–Kier alpha value is -1.12. The molecule has 0 saturated carbocycles. The minimum absolute atomic E-state index is 0.0147. The van der Waals surface area contributed by atoms with Crippen molar-refractivity contribution in [3.05, 3.63) is 6.20 Å². The number of rotatable bonds is 4. The van der Waals surface area contributed by atoms with Crippen molar-refractivity contribution in [3.8, 4) is 0 Å². The van der Waals surface area contributed by atoms with Crippen LogP contribution < -0.4 is 5.73 Å². The Morgan fingerprint density at radius 1 is 1.53 bits per heavy atom. The van der Waals surface area contributed by atoms with E-state index in [0.717, 1.165) is 19.3 Å². The third-order valence-electron chi connectivity index (χ3n) is 3.44. The van der Waals surface area contributed by atoms with Gasteiger partial charge in [0.25, 0.3) is 0 Å². The van der Waals surface area contributed by atoms with E-state index in [2.05, 4.69) is 5.10 Å². The van der Waals surface area contributed by atoms with E-state index in [1.165, 1.54) is 15.2 Å². The molecule has 1 aliphatic rings. The monoisotopic (exact) mass is 288 g/mol. The van der Waals surface area contributed by atoms with Gasteiger partial charge in [-0.1, -0.05) is 6.42 Å². The van der Waals surface area contributed by atoms with Gasteiger partial charge in [-0.2, -0.15) is 9.40 Å². The second-order valence-electron chi connectivity index (χ2n) is 4.83. The average Bonchev–Trinajstić information content (AvgIpc) is 2.70. The molecule has 1 aromatic rings. The predicted molar refractivity (Wildman–Crippen MR) is 70.9 cm³/mol. The van der Waals surface area contributed by atoms with Crippen LogP contribution in [0.2, 0.25) is 0 Å². The Bertz CT molecular complexity index is 538. The summed E-state index contributed by atoms with van der Waals surface area (Å²) in [5.74, 6) is 0.0239. The molecule has 0 aromatic carbocycles. The van der Waals surface area contributed by atoms with Gasteiger partial charge in [0.2, 0.25) is 10.0 Å². The molecule has 7 nitrogen and oxygen atoms in total. The number of nitrogens with zero attached hydrogens (tertiary/aromatic N) is 3. The lowest BCUT2D eigenvalue weighted by Gasteiger charge is -2.34. The van der Waals surface area contributed by atoms with Gasteiger partial charge < -0.3 is 10.8 Å². The maximum Gasteiger partial charge on any atom is 0.248 e. The molecule has 0 spiro atoms. The lowest BCUT2D eigenvalue weighted by atomic mass is 10.0. The normalized spacial score (nSPS) is 21.7. The van der Waals surface area contributed by atoms with Crippen LogP contribution in [0.5, 0.6) is 0 Å². The molecule has 0 radical (unpaired) electrons. The van der Waals surface area contributed by atoms with Crippen molar-refractivity contribution in [1.29, 1.82) is 0 Å². The fourth-order valence-electron chi connectivity index (χ4n) is 2.54. The van der Waals surface area contributed by atoms with Gasteiger partial charge >= 0.3 is 0 Å². The highest BCUT2D eigenvalue weighted by atomic mass is 32.2. The summed E-state index contributed by atoms with van der Waals surface area (Å²) in [6.07, 6.45) is 4.48. The van der Waals surface area contributed by atoms with Crippen molar-refractivity contribution in [3.63, 3.8) is 0 Å². The van der Waals surface area contributed by atoms with Gasteiger partial charge in [0.05, 0.1) is 0 Å².